The van der Waals surface area contributed by atoms with Crippen molar-refractivity contribution >= 4 is 6.08 Å². The molecular formula is C12H14FNO. The zero-order valence-electron chi connectivity index (χ0n) is 8.90. The maximum absolute atomic E-state index is 12.6. The number of hydrogen-bond donors (Lipinski definition) is 0. The average Bonchev–Trinajstić information content (AvgIpc) is 2.23. The second kappa shape index (κ2) is 5.39. The third kappa shape index (κ3) is 3.27. The van der Waals surface area contributed by atoms with Gasteiger partial charge in [0.1, 0.15) is 11.9 Å². The molecule has 1 unspecified atom stereocenters. The molecule has 0 radical (unpaired) electrons. The molecule has 0 bridgehead atoms. The topological polar surface area (TPSA) is 29.4 Å². The molecule has 0 saturated carbocycles. The molecule has 0 N–H and O–H groups in total. The zero-order chi connectivity index (χ0) is 11.3. The molecule has 0 spiro atoms. The first kappa shape index (κ1) is 11.6. The smallest absolute Gasteiger partial charge is 0.123 e. The van der Waals surface area contributed by atoms with Gasteiger partial charge in [0.05, 0.1) is 0 Å². The Hall–Kier alpha value is -1.51. The number of benzene rings is 1. The first-order valence-corrected chi connectivity index (χ1v) is 4.93. The molecule has 0 aliphatic rings. The summed E-state index contributed by atoms with van der Waals surface area (Å²) < 4.78 is 12.6. The Kier molecular flexibility index (Phi) is 4.16. The molecule has 0 saturated heterocycles. The van der Waals surface area contributed by atoms with Gasteiger partial charge >= 0.3 is 0 Å². The van der Waals surface area contributed by atoms with Gasteiger partial charge in [-0.05, 0) is 36.6 Å². The van der Waals surface area contributed by atoms with Crippen molar-refractivity contribution in [3.8, 4) is 0 Å². The van der Waals surface area contributed by atoms with E-state index < -0.39 is 0 Å². The molecule has 0 aromatic heterocycles. The second-order valence-corrected chi connectivity index (χ2v) is 3.47. The quantitative estimate of drug-likeness (QED) is 0.691. The molecule has 0 amide bonds. The largest absolute Gasteiger partial charge is 0.207 e. The number of halogens is 1. The highest BCUT2D eigenvalue weighted by Crippen LogP contribution is 2.14. The van der Waals surface area contributed by atoms with Crippen LogP contribution in [-0.4, -0.2) is 6.04 Å². The molecule has 0 heterocycles. The lowest BCUT2D eigenvalue weighted by atomic mass is 10.0. The molecule has 80 valence electrons. The lowest BCUT2D eigenvalue weighted by molar-refractivity contribution is 0.627. The summed E-state index contributed by atoms with van der Waals surface area (Å²) in [5.41, 5.74) is 1.79. The van der Waals surface area contributed by atoms with Crippen molar-refractivity contribution in [1.29, 1.82) is 0 Å². The van der Waals surface area contributed by atoms with Crippen molar-refractivity contribution in [3.63, 3.8) is 0 Å². The molecule has 0 fully saturated rings. The van der Waals surface area contributed by atoms with E-state index in [2.05, 4.69) is 5.18 Å². The minimum absolute atomic E-state index is 0.259. The Morgan fingerprint density at radius 3 is 2.53 bits per heavy atom. The predicted molar refractivity (Wildman–Crippen MR) is 59.9 cm³/mol. The summed E-state index contributed by atoms with van der Waals surface area (Å²) in [5, 5.41) is 3.03. The molecule has 1 aromatic rings. The van der Waals surface area contributed by atoms with Crippen molar-refractivity contribution in [2.24, 2.45) is 5.18 Å². The van der Waals surface area contributed by atoms with Crippen LogP contribution in [0.1, 0.15) is 25.8 Å². The lowest BCUT2D eigenvalue weighted by Gasteiger charge is -2.06. The van der Waals surface area contributed by atoms with Gasteiger partial charge in [0.2, 0.25) is 0 Å². The van der Waals surface area contributed by atoms with E-state index in [0.29, 0.717) is 6.42 Å². The van der Waals surface area contributed by atoms with E-state index >= 15 is 0 Å². The minimum Gasteiger partial charge on any atom is -0.207 e. The van der Waals surface area contributed by atoms with Crippen LogP contribution >= 0.6 is 0 Å². The highest BCUT2D eigenvalue weighted by atomic mass is 19.1. The maximum atomic E-state index is 12.6. The Labute approximate surface area is 88.8 Å². The average molecular weight is 207 g/mol. The molecular weight excluding hydrogens is 193 g/mol. The summed E-state index contributed by atoms with van der Waals surface area (Å²) in [4.78, 5) is 10.5. The monoisotopic (exact) mass is 207 g/mol. The summed E-state index contributed by atoms with van der Waals surface area (Å²) in [6.07, 6.45) is 2.54. The standard InChI is InChI=1S/C12H14FNO/c1-3-12(14-15)9(2)8-10-4-6-11(13)7-5-10/h4-8,12H,3H2,1-2H3/b9-8+. The third-order valence-electron chi connectivity index (χ3n) is 2.30. The van der Waals surface area contributed by atoms with Crippen LogP contribution in [0, 0.1) is 10.7 Å². The van der Waals surface area contributed by atoms with E-state index in [1.165, 1.54) is 12.1 Å². The van der Waals surface area contributed by atoms with Gasteiger partial charge < -0.3 is 0 Å². The fourth-order valence-electron chi connectivity index (χ4n) is 1.40. The summed E-state index contributed by atoms with van der Waals surface area (Å²) >= 11 is 0. The lowest BCUT2D eigenvalue weighted by Crippen LogP contribution is -2.02. The van der Waals surface area contributed by atoms with Crippen LogP contribution in [0.2, 0.25) is 0 Å². The maximum Gasteiger partial charge on any atom is 0.123 e. The number of nitroso groups, excluding NO2 is 1. The Balaban J connectivity index is 2.86. The van der Waals surface area contributed by atoms with Crippen molar-refractivity contribution in [2.75, 3.05) is 0 Å². The van der Waals surface area contributed by atoms with Gasteiger partial charge in [-0.2, -0.15) is 4.91 Å². The van der Waals surface area contributed by atoms with Crippen molar-refractivity contribution < 1.29 is 4.39 Å². The fourth-order valence-corrected chi connectivity index (χ4v) is 1.40. The van der Waals surface area contributed by atoms with Crippen LogP contribution in [-0.2, 0) is 0 Å². The van der Waals surface area contributed by atoms with Gasteiger partial charge in [-0.25, -0.2) is 4.39 Å². The molecule has 1 aromatic carbocycles. The second-order valence-electron chi connectivity index (χ2n) is 3.47. The third-order valence-corrected chi connectivity index (χ3v) is 2.30. The van der Waals surface area contributed by atoms with Gasteiger partial charge in [-0.15, -0.1) is 0 Å². The summed E-state index contributed by atoms with van der Waals surface area (Å²) in [6.45, 7) is 3.77. The van der Waals surface area contributed by atoms with E-state index in [-0.39, 0.29) is 11.9 Å². The minimum atomic E-state index is -0.282. The number of nitrogens with zero attached hydrogens (tertiary/aromatic N) is 1. The van der Waals surface area contributed by atoms with E-state index in [0.717, 1.165) is 11.1 Å². The van der Waals surface area contributed by atoms with Crippen LogP contribution in [0.4, 0.5) is 4.39 Å². The highest BCUT2D eigenvalue weighted by Gasteiger charge is 2.07. The molecule has 15 heavy (non-hydrogen) atoms. The van der Waals surface area contributed by atoms with Crippen LogP contribution < -0.4 is 0 Å². The predicted octanol–water partition coefficient (Wildman–Crippen LogP) is 3.77. The number of hydrogen-bond acceptors (Lipinski definition) is 2. The van der Waals surface area contributed by atoms with Crippen LogP contribution in [0.15, 0.2) is 35.0 Å². The van der Waals surface area contributed by atoms with E-state index in [9.17, 15) is 9.30 Å². The van der Waals surface area contributed by atoms with Crippen molar-refractivity contribution in [2.45, 2.75) is 26.3 Å². The Bertz CT molecular complexity index is 356. The Morgan fingerprint density at radius 2 is 2.07 bits per heavy atom. The summed E-state index contributed by atoms with van der Waals surface area (Å²) in [6, 6.07) is 5.87. The SMILES string of the molecule is CCC(N=O)/C(C)=C/c1ccc(F)cc1. The molecule has 0 aliphatic carbocycles. The van der Waals surface area contributed by atoms with E-state index in [4.69, 9.17) is 0 Å². The van der Waals surface area contributed by atoms with Crippen LogP contribution in [0.25, 0.3) is 6.08 Å². The van der Waals surface area contributed by atoms with Gasteiger partial charge in [0.25, 0.3) is 0 Å². The fraction of sp³-hybridized carbons (Fsp3) is 0.333. The van der Waals surface area contributed by atoms with Crippen molar-refractivity contribution in [3.05, 3.63) is 46.1 Å². The first-order valence-electron chi connectivity index (χ1n) is 4.93. The molecule has 1 rings (SSSR count). The van der Waals surface area contributed by atoms with Gasteiger partial charge in [-0.1, -0.05) is 30.3 Å². The first-order chi connectivity index (χ1) is 7.17. The molecule has 1 atom stereocenters. The Morgan fingerprint density at radius 1 is 1.47 bits per heavy atom. The summed E-state index contributed by atoms with van der Waals surface area (Å²) in [7, 11) is 0. The van der Waals surface area contributed by atoms with Crippen LogP contribution in [0.3, 0.4) is 0 Å². The molecule has 2 nitrogen and oxygen atoms in total. The molecule has 3 heteroatoms. The van der Waals surface area contributed by atoms with Gasteiger partial charge in [-0.3, -0.25) is 0 Å². The summed E-state index contributed by atoms with van der Waals surface area (Å²) in [5.74, 6) is -0.259. The van der Waals surface area contributed by atoms with E-state index in [1.807, 2.05) is 19.9 Å². The zero-order valence-corrected chi connectivity index (χ0v) is 8.90. The van der Waals surface area contributed by atoms with Crippen molar-refractivity contribution in [1.82, 2.24) is 0 Å². The molecule has 0 aliphatic heterocycles. The van der Waals surface area contributed by atoms with Gasteiger partial charge in [0.15, 0.2) is 0 Å². The number of rotatable bonds is 4. The van der Waals surface area contributed by atoms with Gasteiger partial charge in [0, 0.05) is 0 Å². The van der Waals surface area contributed by atoms with Crippen LogP contribution in [0.5, 0.6) is 0 Å². The highest BCUT2D eigenvalue weighted by molar-refractivity contribution is 5.53. The normalized spacial score (nSPS) is 13.7. The van der Waals surface area contributed by atoms with E-state index in [1.54, 1.807) is 12.1 Å².